The molecule has 0 unspecified atom stereocenters. The van der Waals surface area contributed by atoms with Crippen molar-refractivity contribution >= 4 is 41.7 Å². The standard InChI is InChI=1S/C30H45N7O10/c1-30(2,3)47-29(45)36-21(17-46-16-18-9-5-4-6-10-18)24(40)35-20(15-23(38)39)26(42)37-14-8-12-22(37)25(41)34-19(27(43)44)11-7-13-33-28(31)32/h4-6,9-10,19-22H,7-8,11-17H2,1-3H3,(H,34,41)(H,35,40)(H,36,45)(H,38,39)(H,43,44)(H4,31,32,33)/t19-,20-,21-,22-/m0/s1. The first kappa shape index (κ1) is 38.3. The van der Waals surface area contributed by atoms with Crippen LogP contribution in [0.15, 0.2) is 35.3 Å². The van der Waals surface area contributed by atoms with Crippen LogP contribution in [0, 0.1) is 0 Å². The van der Waals surface area contributed by atoms with Gasteiger partial charge in [0.05, 0.1) is 19.6 Å². The molecule has 4 atom stereocenters. The zero-order chi connectivity index (χ0) is 35.1. The molecule has 1 aromatic rings. The third-order valence-corrected chi connectivity index (χ3v) is 6.80. The van der Waals surface area contributed by atoms with Gasteiger partial charge < -0.3 is 52.0 Å². The van der Waals surface area contributed by atoms with Crippen LogP contribution in [0.3, 0.4) is 0 Å². The zero-order valence-corrected chi connectivity index (χ0v) is 26.8. The molecule has 0 radical (unpaired) electrons. The molecular weight excluding hydrogens is 618 g/mol. The van der Waals surface area contributed by atoms with Crippen molar-refractivity contribution in [2.24, 2.45) is 16.5 Å². The average Bonchev–Trinajstić information content (AvgIpc) is 3.47. The SMILES string of the molecule is CC(C)(C)OC(=O)N[C@@H](COCc1ccccc1)C(=O)N[C@@H](CC(=O)O)C(=O)N1CCC[C@H]1C(=O)N[C@@H](CCCN=C(N)N)C(=O)O. The Kier molecular flexibility index (Phi) is 14.9. The second kappa shape index (κ2) is 18.3. The quantitative estimate of drug-likeness (QED) is 0.0642. The number of carbonyl (C=O) groups is 6. The van der Waals surface area contributed by atoms with E-state index < -0.39 is 71.9 Å². The Morgan fingerprint density at radius 2 is 1.68 bits per heavy atom. The van der Waals surface area contributed by atoms with Crippen molar-refractivity contribution in [3.63, 3.8) is 0 Å². The molecule has 1 aliphatic rings. The van der Waals surface area contributed by atoms with Gasteiger partial charge in [0.1, 0.15) is 29.8 Å². The minimum absolute atomic E-state index is 0.00853. The number of carboxylic acid groups (broad SMARTS) is 2. The molecule has 2 rings (SSSR count). The Morgan fingerprint density at radius 1 is 1.00 bits per heavy atom. The molecular formula is C30H45N7O10. The number of aliphatic imine (C=N–C) groups is 1. The number of aliphatic carboxylic acids is 2. The minimum Gasteiger partial charge on any atom is -0.481 e. The fraction of sp³-hybridized carbons (Fsp3) is 0.567. The second-order valence-electron chi connectivity index (χ2n) is 11.9. The summed E-state index contributed by atoms with van der Waals surface area (Å²) in [5.74, 6) is -5.39. The maximum absolute atomic E-state index is 13.6. The topological polar surface area (TPSA) is 265 Å². The molecule has 0 aliphatic carbocycles. The summed E-state index contributed by atoms with van der Waals surface area (Å²) in [6.45, 7) is 4.84. The Hall–Kier alpha value is -4.93. The lowest BCUT2D eigenvalue weighted by Gasteiger charge is -2.30. The molecule has 0 bridgehead atoms. The van der Waals surface area contributed by atoms with Gasteiger partial charge in [-0.05, 0) is 52.0 Å². The number of nitrogens with zero attached hydrogens (tertiary/aromatic N) is 2. The number of benzene rings is 1. The Labute approximate surface area is 272 Å². The monoisotopic (exact) mass is 663 g/mol. The maximum Gasteiger partial charge on any atom is 0.408 e. The van der Waals surface area contributed by atoms with Crippen LogP contribution in [0.1, 0.15) is 58.4 Å². The molecule has 1 aromatic carbocycles. The average molecular weight is 664 g/mol. The number of alkyl carbamates (subject to hydrolysis) is 1. The van der Waals surface area contributed by atoms with E-state index in [0.717, 1.165) is 10.5 Å². The van der Waals surface area contributed by atoms with E-state index >= 15 is 0 Å². The summed E-state index contributed by atoms with van der Waals surface area (Å²) in [6, 6.07) is 3.60. The summed E-state index contributed by atoms with van der Waals surface area (Å²) in [5, 5.41) is 26.4. The lowest BCUT2D eigenvalue weighted by molar-refractivity contribution is -0.147. The van der Waals surface area contributed by atoms with Gasteiger partial charge >= 0.3 is 18.0 Å². The van der Waals surface area contributed by atoms with Crippen LogP contribution in [0.4, 0.5) is 4.79 Å². The van der Waals surface area contributed by atoms with Gasteiger partial charge in [-0.2, -0.15) is 0 Å². The van der Waals surface area contributed by atoms with Crippen LogP contribution in [0.25, 0.3) is 0 Å². The molecule has 17 nitrogen and oxygen atoms in total. The number of carbonyl (C=O) groups excluding carboxylic acids is 4. The number of hydrogen-bond acceptors (Lipinski definition) is 9. The minimum atomic E-state index is -1.62. The first-order valence-electron chi connectivity index (χ1n) is 15.1. The molecule has 0 saturated carbocycles. The number of nitrogens with one attached hydrogen (secondary N) is 3. The van der Waals surface area contributed by atoms with Crippen molar-refractivity contribution in [1.29, 1.82) is 0 Å². The van der Waals surface area contributed by atoms with Gasteiger partial charge in [-0.15, -0.1) is 0 Å². The molecule has 1 fully saturated rings. The van der Waals surface area contributed by atoms with Gasteiger partial charge in [0, 0.05) is 13.1 Å². The number of nitrogens with two attached hydrogens (primary N) is 2. The zero-order valence-electron chi connectivity index (χ0n) is 26.8. The van der Waals surface area contributed by atoms with Crippen LogP contribution in [-0.2, 0) is 40.1 Å². The predicted molar refractivity (Wildman–Crippen MR) is 168 cm³/mol. The first-order valence-corrected chi connectivity index (χ1v) is 15.1. The van der Waals surface area contributed by atoms with E-state index in [9.17, 15) is 39.0 Å². The Bertz CT molecular complexity index is 1280. The highest BCUT2D eigenvalue weighted by Crippen LogP contribution is 2.20. The van der Waals surface area contributed by atoms with E-state index in [1.165, 1.54) is 0 Å². The largest absolute Gasteiger partial charge is 0.481 e. The molecule has 1 heterocycles. The molecule has 47 heavy (non-hydrogen) atoms. The van der Waals surface area contributed by atoms with E-state index in [-0.39, 0.29) is 51.5 Å². The molecule has 0 spiro atoms. The van der Waals surface area contributed by atoms with E-state index in [4.69, 9.17) is 20.9 Å². The summed E-state index contributed by atoms with van der Waals surface area (Å²) < 4.78 is 10.9. The first-order chi connectivity index (χ1) is 22.1. The molecule has 9 N–H and O–H groups in total. The third kappa shape index (κ3) is 13.9. The van der Waals surface area contributed by atoms with E-state index in [0.29, 0.717) is 6.42 Å². The molecule has 1 aliphatic heterocycles. The van der Waals surface area contributed by atoms with Gasteiger partial charge in [0.25, 0.3) is 0 Å². The molecule has 260 valence electrons. The number of guanidine groups is 1. The molecule has 17 heteroatoms. The summed E-state index contributed by atoms with van der Waals surface area (Å²) in [5.41, 5.74) is 10.4. The second-order valence-corrected chi connectivity index (χ2v) is 11.9. The highest BCUT2D eigenvalue weighted by atomic mass is 16.6. The summed E-state index contributed by atoms with van der Waals surface area (Å²) in [4.78, 5) is 81.1. The summed E-state index contributed by atoms with van der Waals surface area (Å²) in [6.07, 6.45) is -0.957. The maximum atomic E-state index is 13.6. The predicted octanol–water partition coefficient (Wildman–Crippen LogP) is -0.330. The van der Waals surface area contributed by atoms with Crippen LogP contribution in [0.2, 0.25) is 0 Å². The molecule has 0 aromatic heterocycles. The van der Waals surface area contributed by atoms with Crippen molar-refractivity contribution in [3.8, 4) is 0 Å². The molecule has 1 saturated heterocycles. The lowest BCUT2D eigenvalue weighted by Crippen LogP contribution is -2.58. The number of rotatable bonds is 17. The van der Waals surface area contributed by atoms with Crippen molar-refractivity contribution in [2.75, 3.05) is 19.7 Å². The number of ether oxygens (including phenoxy) is 2. The van der Waals surface area contributed by atoms with E-state index in [1.54, 1.807) is 45.0 Å². The Morgan fingerprint density at radius 3 is 2.28 bits per heavy atom. The number of amides is 4. The number of carboxylic acids is 2. The van der Waals surface area contributed by atoms with Crippen LogP contribution in [0.5, 0.6) is 0 Å². The van der Waals surface area contributed by atoms with Crippen LogP contribution >= 0.6 is 0 Å². The van der Waals surface area contributed by atoms with Crippen molar-refractivity contribution in [1.82, 2.24) is 20.9 Å². The van der Waals surface area contributed by atoms with Crippen molar-refractivity contribution in [2.45, 2.75) is 89.3 Å². The van der Waals surface area contributed by atoms with Gasteiger partial charge in [-0.1, -0.05) is 30.3 Å². The fourth-order valence-corrected chi connectivity index (χ4v) is 4.68. The van der Waals surface area contributed by atoms with Crippen molar-refractivity contribution < 1.29 is 48.5 Å². The highest BCUT2D eigenvalue weighted by molar-refractivity contribution is 5.96. The normalized spacial score (nSPS) is 16.2. The lowest BCUT2D eigenvalue weighted by atomic mass is 10.1. The molecule has 4 amide bonds. The van der Waals surface area contributed by atoms with Crippen LogP contribution in [-0.4, -0.2) is 106 Å². The third-order valence-electron chi connectivity index (χ3n) is 6.80. The van der Waals surface area contributed by atoms with Crippen LogP contribution < -0.4 is 27.4 Å². The van der Waals surface area contributed by atoms with Gasteiger partial charge in [0.2, 0.25) is 17.7 Å². The van der Waals surface area contributed by atoms with E-state index in [2.05, 4.69) is 20.9 Å². The summed E-state index contributed by atoms with van der Waals surface area (Å²) in [7, 11) is 0. The number of hydrogen-bond donors (Lipinski definition) is 7. The van der Waals surface area contributed by atoms with Crippen molar-refractivity contribution in [3.05, 3.63) is 35.9 Å². The van der Waals surface area contributed by atoms with Gasteiger partial charge in [-0.25, -0.2) is 9.59 Å². The highest BCUT2D eigenvalue weighted by Gasteiger charge is 2.40. The number of likely N-dealkylation sites (tertiary alicyclic amines) is 1. The smallest absolute Gasteiger partial charge is 0.408 e. The Balaban J connectivity index is 2.18. The summed E-state index contributed by atoms with van der Waals surface area (Å²) >= 11 is 0. The van der Waals surface area contributed by atoms with Gasteiger partial charge in [-0.3, -0.25) is 24.2 Å². The fourth-order valence-electron chi connectivity index (χ4n) is 4.68. The van der Waals surface area contributed by atoms with Gasteiger partial charge in [0.15, 0.2) is 5.96 Å². The van der Waals surface area contributed by atoms with E-state index in [1.807, 2.05) is 6.07 Å².